The van der Waals surface area contributed by atoms with Crippen LogP contribution in [-0.4, -0.2) is 32.4 Å². The van der Waals surface area contributed by atoms with E-state index in [1.54, 1.807) is 18.2 Å². The van der Waals surface area contributed by atoms with Crippen molar-refractivity contribution in [2.45, 2.75) is 21.6 Å². The number of azo groups is 1. The Balaban J connectivity index is 0.00000402. The number of fused-ring (bicyclic) bond motifs is 2. The molecule has 2 N–H and O–H groups in total. The van der Waals surface area contributed by atoms with Gasteiger partial charge in [0, 0.05) is 28.3 Å². The molecule has 26 heteroatoms. The van der Waals surface area contributed by atoms with Crippen molar-refractivity contribution >= 4 is 109 Å². The summed E-state index contributed by atoms with van der Waals surface area (Å²) in [5, 5.41) is 64.0. The zero-order valence-electron chi connectivity index (χ0n) is 27.1. The fraction of sp³-hybridized carbons (Fsp3) is 0.125. The number of hydrogen-bond donors (Lipinski definition) is 2. The van der Waals surface area contributed by atoms with Gasteiger partial charge in [-0.2, -0.15) is 13.8 Å². The molecule has 4 rings (SSSR count). The number of benzene rings is 4. The van der Waals surface area contributed by atoms with Gasteiger partial charge in [0.25, 0.3) is 0 Å². The quantitative estimate of drug-likeness (QED) is 0.0202. The van der Waals surface area contributed by atoms with Crippen LogP contribution < -0.4 is 128 Å². The normalized spacial score (nSPS) is 11.3. The standard InChI is InChI=1S/C24H21N3O14S4.HI2.3Na/c1-13(28)25-16-4-5-19-15(8-16)10-21(43-40-37-31)23(24(19)29)27-26-17-3-2-14-9-18(42-39-36-30)12-22(20(14)11-17)45(33,34)7-6-35-44-41-38-32;1-2;;;/h2-5,8-12,29-32H,6-7H2,1H3,(H,25,28);1H;;;/q;-1;3*+1/p-3/i;1D;;;. The SMILES string of the molecule is CC(=O)Nc1ccc2c(O)c(N=Nc3ccc4cc(SOO[O-])cc(S(=O)(=O)CCOSOO[O-])c4c3)c(SOO[O-])cc2c1.[2H][I-]I.[Na+].[Na+].[Na+]. The first-order chi connectivity index (χ1) is 23.1. The van der Waals surface area contributed by atoms with Crippen molar-refractivity contribution in [2.75, 3.05) is 17.7 Å². The number of phenolic OH excluding ortho intramolecular Hbond substituents is 1. The van der Waals surface area contributed by atoms with Crippen LogP contribution in [0.2, 0.25) is 0 Å². The smallest absolute Gasteiger partial charge is 1.00 e. The van der Waals surface area contributed by atoms with Crippen LogP contribution in [0.1, 0.15) is 6.92 Å². The molecule has 0 radical (unpaired) electrons. The zero-order chi connectivity index (χ0) is 35.1. The summed E-state index contributed by atoms with van der Waals surface area (Å²) in [4.78, 5) is 11.6. The van der Waals surface area contributed by atoms with Gasteiger partial charge in [-0.3, -0.25) is 24.1 Å². The number of rotatable bonds is 16. The van der Waals surface area contributed by atoms with Crippen LogP contribution in [0.5, 0.6) is 5.75 Å². The molecule has 256 valence electrons. The molecule has 0 aliphatic carbocycles. The fourth-order valence-corrected chi connectivity index (χ4v) is 6.65. The van der Waals surface area contributed by atoms with Crippen molar-refractivity contribution < 1.29 is 173 Å². The predicted octanol–water partition coefficient (Wildman–Crippen LogP) is -8.26. The number of aromatic hydroxyl groups is 1. The minimum atomic E-state index is -4.07. The Hall–Kier alpha value is 1.33. The van der Waals surface area contributed by atoms with Crippen LogP contribution in [0.15, 0.2) is 79.5 Å². The second kappa shape index (κ2) is 27.0. The Labute approximate surface area is 387 Å². The Morgan fingerprint density at radius 1 is 0.940 bits per heavy atom. The molecule has 17 nitrogen and oxygen atoms in total. The van der Waals surface area contributed by atoms with Gasteiger partial charge in [-0.1, -0.05) is 6.07 Å². The van der Waals surface area contributed by atoms with E-state index >= 15 is 0 Å². The Morgan fingerprint density at radius 2 is 1.62 bits per heavy atom. The third kappa shape index (κ3) is 15.5. The fourth-order valence-electron chi connectivity index (χ4n) is 3.98. The molecule has 0 bridgehead atoms. The number of carbonyl (C=O) groups is 1. The number of phenols is 1. The van der Waals surface area contributed by atoms with Crippen molar-refractivity contribution in [2.24, 2.45) is 10.2 Å². The van der Waals surface area contributed by atoms with E-state index in [2.05, 4.69) is 62.3 Å². The van der Waals surface area contributed by atoms with Crippen molar-refractivity contribution in [3.63, 3.8) is 0 Å². The van der Waals surface area contributed by atoms with E-state index in [-0.39, 0.29) is 163 Å². The van der Waals surface area contributed by atoms with Gasteiger partial charge in [0.05, 0.1) is 51.9 Å². The molecule has 1 amide bonds. The summed E-state index contributed by atoms with van der Waals surface area (Å²) in [5.41, 5.74) is 0.500. The van der Waals surface area contributed by atoms with Gasteiger partial charge in [0.15, 0.2) is 27.9 Å². The summed E-state index contributed by atoms with van der Waals surface area (Å²) in [6.07, 6.45) is 0. The summed E-state index contributed by atoms with van der Waals surface area (Å²) in [7, 11) is -4.07. The maximum Gasteiger partial charge on any atom is 1.00 e. The summed E-state index contributed by atoms with van der Waals surface area (Å²) in [6.45, 7) is 0.948. The van der Waals surface area contributed by atoms with Crippen LogP contribution in [0, 0.1) is 0 Å². The van der Waals surface area contributed by atoms with Crippen LogP contribution in [0.3, 0.4) is 0 Å². The molecule has 0 aliphatic heterocycles. The molecule has 0 aromatic heterocycles. The van der Waals surface area contributed by atoms with E-state index < -0.39 is 22.2 Å². The molecule has 0 heterocycles. The first-order valence-electron chi connectivity index (χ1n) is 12.5. The zero-order valence-corrected chi connectivity index (χ0v) is 39.7. The third-order valence-corrected chi connectivity index (χ3v) is 8.95. The monoisotopic (exact) mass is 1020 g/mol. The number of amides is 1. The molecule has 4 aromatic rings. The largest absolute Gasteiger partial charge is 1.00 e. The Morgan fingerprint density at radius 3 is 2.28 bits per heavy atom. The van der Waals surface area contributed by atoms with Crippen molar-refractivity contribution in [1.82, 2.24) is 0 Å². The van der Waals surface area contributed by atoms with Gasteiger partial charge in [0.1, 0.15) is 5.69 Å². The summed E-state index contributed by atoms with van der Waals surface area (Å²) in [5.74, 6) is -1.19. The first kappa shape index (κ1) is 49.3. The van der Waals surface area contributed by atoms with Gasteiger partial charge < -0.3 is 26.2 Å². The van der Waals surface area contributed by atoms with E-state index in [9.17, 15) is 34.1 Å². The number of sulfone groups is 1. The minimum absolute atomic E-state index is 0. The molecule has 0 fully saturated rings. The van der Waals surface area contributed by atoms with Crippen molar-refractivity contribution in [3.05, 3.63) is 54.6 Å². The molecule has 0 spiro atoms. The number of halogens is 2. The third-order valence-electron chi connectivity index (χ3n) is 5.69. The number of anilines is 1. The van der Waals surface area contributed by atoms with E-state index in [4.69, 9.17) is 4.78 Å². The molecule has 0 atom stereocenters. The van der Waals surface area contributed by atoms with Gasteiger partial charge >= 0.3 is 126 Å². The first-order valence-corrected chi connectivity index (χ1v) is 22.2. The van der Waals surface area contributed by atoms with Crippen molar-refractivity contribution in [1.29, 1.82) is 0.594 Å². The molecule has 4 aromatic carbocycles. The molecule has 0 saturated heterocycles. The van der Waals surface area contributed by atoms with E-state index in [1.807, 2.05) is 0 Å². The number of carbonyl (C=O) groups excluding carboxylic acids is 1. The van der Waals surface area contributed by atoms with Crippen LogP contribution in [0.25, 0.3) is 21.5 Å². The van der Waals surface area contributed by atoms with Crippen LogP contribution in [0.4, 0.5) is 17.1 Å². The summed E-state index contributed by atoms with van der Waals surface area (Å²) < 4.78 is 50.4. The predicted molar refractivity (Wildman–Crippen MR) is 167 cm³/mol. The number of nitrogens with zero attached hydrogens (tertiary/aromatic N) is 2. The average Bonchev–Trinajstić information content (AvgIpc) is 3.05. The summed E-state index contributed by atoms with van der Waals surface area (Å²) in [6, 6.07) is 13.4. The maximum atomic E-state index is 13.3. The second-order valence-electron chi connectivity index (χ2n) is 8.50. The van der Waals surface area contributed by atoms with Crippen molar-refractivity contribution in [3.8, 4) is 5.75 Å². The minimum Gasteiger partial charge on any atom is 1.00 e. The average molecular weight is 1030 g/mol. The van der Waals surface area contributed by atoms with Gasteiger partial charge in [-0.25, -0.2) is 8.42 Å². The molecule has 50 heavy (non-hydrogen) atoms. The maximum absolute atomic E-state index is 13.3. The van der Waals surface area contributed by atoms with Gasteiger partial charge in [0.2, 0.25) is 5.91 Å². The van der Waals surface area contributed by atoms with E-state index in [1.165, 1.54) is 43.3 Å². The second-order valence-corrected chi connectivity index (χ2v) is 12.6. The molecule has 0 aliphatic rings. The van der Waals surface area contributed by atoms with Gasteiger partial charge in [-0.15, -0.1) is 9.45 Å². The van der Waals surface area contributed by atoms with E-state index in [0.29, 0.717) is 45.9 Å². The number of hydrogen-bond acceptors (Lipinski definition) is 19. The van der Waals surface area contributed by atoms with Crippen LogP contribution >= 0.6 is 55.0 Å². The Kier molecular flexibility index (Phi) is 26.7. The van der Waals surface area contributed by atoms with E-state index in [0.717, 1.165) is 0 Å². The van der Waals surface area contributed by atoms with Crippen LogP contribution in [-0.2, 0) is 46.9 Å². The van der Waals surface area contributed by atoms with Gasteiger partial charge in [-0.05, 0) is 59.3 Å². The molecular weight excluding hydrogens is 1010 g/mol. The summed E-state index contributed by atoms with van der Waals surface area (Å²) >= 11 is 2.96. The number of nitrogens with one attached hydrogen (secondary N) is 1. The molecule has 0 saturated carbocycles. The Bertz CT molecular complexity index is 1860. The topological polar surface area (TPSA) is 242 Å². The molecular formula is C24H19I2N3Na3O14S4-. The molecule has 0 unspecified atom stereocenters.